The molecule has 1 heterocycles. The number of nitrogens with one attached hydrogen (secondary N) is 1. The molecule has 0 aliphatic heterocycles. The first-order valence-corrected chi connectivity index (χ1v) is 7.23. The van der Waals surface area contributed by atoms with Gasteiger partial charge in [-0.05, 0) is 50.4 Å². The Morgan fingerprint density at radius 1 is 1.37 bits per heavy atom. The van der Waals surface area contributed by atoms with E-state index in [2.05, 4.69) is 28.5 Å². The van der Waals surface area contributed by atoms with Crippen molar-refractivity contribution in [3.8, 4) is 0 Å². The number of aryl methyl sites for hydroxylation is 1. The summed E-state index contributed by atoms with van der Waals surface area (Å²) in [6, 6.07) is 6.39. The number of hydrogen-bond donors (Lipinski definition) is 1. The fourth-order valence-electron chi connectivity index (χ4n) is 1.61. The summed E-state index contributed by atoms with van der Waals surface area (Å²) in [5.74, 6) is 0.888. The van der Waals surface area contributed by atoms with Crippen molar-refractivity contribution in [3.05, 3.63) is 34.6 Å². The summed E-state index contributed by atoms with van der Waals surface area (Å²) >= 11 is 7.86. The molecule has 0 radical (unpaired) electrons. The van der Waals surface area contributed by atoms with Crippen LogP contribution < -0.4 is 5.32 Å². The molecule has 0 amide bonds. The summed E-state index contributed by atoms with van der Waals surface area (Å²) in [5, 5.41) is 13.0. The van der Waals surface area contributed by atoms with Gasteiger partial charge in [0.15, 0.2) is 5.16 Å². The summed E-state index contributed by atoms with van der Waals surface area (Å²) in [7, 11) is 3.88. The van der Waals surface area contributed by atoms with Gasteiger partial charge in [0.05, 0.1) is 5.02 Å². The molecule has 0 spiro atoms. The predicted octanol–water partition coefficient (Wildman–Crippen LogP) is 3.21. The van der Waals surface area contributed by atoms with Gasteiger partial charge < -0.3 is 9.88 Å². The number of rotatable bonds is 4. The van der Waals surface area contributed by atoms with Crippen molar-refractivity contribution < 1.29 is 0 Å². The van der Waals surface area contributed by atoms with Gasteiger partial charge in [0.25, 0.3) is 0 Å². The van der Waals surface area contributed by atoms with E-state index in [1.165, 1.54) is 17.3 Å². The zero-order valence-corrected chi connectivity index (χ0v) is 13.0. The molecule has 2 rings (SSSR count). The molecule has 1 aromatic heterocycles. The van der Waals surface area contributed by atoms with Crippen LogP contribution in [0.25, 0.3) is 0 Å². The van der Waals surface area contributed by atoms with Crippen molar-refractivity contribution in [2.24, 2.45) is 7.05 Å². The molecule has 0 saturated heterocycles. The van der Waals surface area contributed by atoms with Crippen LogP contribution in [0, 0.1) is 6.92 Å². The van der Waals surface area contributed by atoms with Crippen molar-refractivity contribution in [1.82, 2.24) is 20.1 Å². The second-order valence-electron chi connectivity index (χ2n) is 4.39. The normalized spacial score (nSPS) is 12.7. The number of benzene rings is 1. The summed E-state index contributed by atoms with van der Waals surface area (Å²) < 4.78 is 1.95. The minimum absolute atomic E-state index is 0.286. The second-order valence-corrected chi connectivity index (χ2v) is 5.81. The highest BCUT2D eigenvalue weighted by atomic mass is 35.5. The first kappa shape index (κ1) is 14.4. The molecule has 4 nitrogen and oxygen atoms in total. The van der Waals surface area contributed by atoms with Crippen LogP contribution in [0.4, 0.5) is 0 Å². The molecule has 1 unspecified atom stereocenters. The van der Waals surface area contributed by atoms with Gasteiger partial charge in [0.1, 0.15) is 5.82 Å². The van der Waals surface area contributed by atoms with E-state index in [1.807, 2.05) is 37.7 Å². The Morgan fingerprint density at radius 2 is 2.11 bits per heavy atom. The lowest BCUT2D eigenvalue weighted by atomic mass is 10.1. The van der Waals surface area contributed by atoms with Gasteiger partial charge in [0, 0.05) is 18.0 Å². The quantitative estimate of drug-likeness (QED) is 0.941. The van der Waals surface area contributed by atoms with Gasteiger partial charge >= 0.3 is 0 Å². The lowest BCUT2D eigenvalue weighted by Gasteiger charge is -2.12. The molecule has 0 aliphatic carbocycles. The first-order chi connectivity index (χ1) is 9.02. The van der Waals surface area contributed by atoms with Crippen LogP contribution in [-0.2, 0) is 7.05 Å². The van der Waals surface area contributed by atoms with Crippen molar-refractivity contribution in [1.29, 1.82) is 0 Å². The Labute approximate surface area is 122 Å². The zero-order valence-electron chi connectivity index (χ0n) is 11.4. The molecule has 1 atom stereocenters. The maximum absolute atomic E-state index is 6.33. The van der Waals surface area contributed by atoms with Crippen molar-refractivity contribution in [3.63, 3.8) is 0 Å². The van der Waals surface area contributed by atoms with E-state index in [-0.39, 0.29) is 6.04 Å². The molecule has 0 bridgehead atoms. The lowest BCUT2D eigenvalue weighted by Crippen LogP contribution is -2.12. The largest absolute Gasteiger partial charge is 0.313 e. The Morgan fingerprint density at radius 3 is 2.63 bits per heavy atom. The Bertz CT molecular complexity index is 582. The van der Waals surface area contributed by atoms with E-state index in [4.69, 9.17) is 11.6 Å². The third-order valence-electron chi connectivity index (χ3n) is 3.14. The van der Waals surface area contributed by atoms with E-state index in [0.717, 1.165) is 20.9 Å². The van der Waals surface area contributed by atoms with Crippen LogP contribution in [0.1, 0.15) is 24.4 Å². The van der Waals surface area contributed by atoms with E-state index in [1.54, 1.807) is 0 Å². The topological polar surface area (TPSA) is 42.7 Å². The number of aromatic nitrogens is 3. The van der Waals surface area contributed by atoms with Crippen LogP contribution >= 0.6 is 23.4 Å². The van der Waals surface area contributed by atoms with Crippen LogP contribution in [0.2, 0.25) is 5.02 Å². The summed E-state index contributed by atoms with van der Waals surface area (Å²) in [5.41, 5.74) is 1.17. The smallest absolute Gasteiger partial charge is 0.195 e. The highest BCUT2D eigenvalue weighted by molar-refractivity contribution is 7.99. The third-order valence-corrected chi connectivity index (χ3v) is 4.68. The standard InChI is InChI=1S/C13H17ClN4S/c1-8(15-3)10-5-6-12(11(14)7-10)19-13-17-16-9(2)18(13)4/h5-8,15H,1-4H3. The highest BCUT2D eigenvalue weighted by Gasteiger charge is 2.11. The van der Waals surface area contributed by atoms with E-state index in [0.29, 0.717) is 0 Å². The van der Waals surface area contributed by atoms with Gasteiger partial charge in [0.2, 0.25) is 0 Å². The van der Waals surface area contributed by atoms with Crippen molar-refractivity contribution in [2.45, 2.75) is 29.9 Å². The molecule has 102 valence electrons. The fourth-order valence-corrected chi connectivity index (χ4v) is 2.76. The molecule has 0 saturated carbocycles. The summed E-state index contributed by atoms with van der Waals surface area (Å²) in [4.78, 5) is 0.990. The molecule has 1 aromatic carbocycles. The van der Waals surface area contributed by atoms with E-state index in [9.17, 15) is 0 Å². The predicted molar refractivity (Wildman–Crippen MR) is 78.8 cm³/mol. The monoisotopic (exact) mass is 296 g/mol. The van der Waals surface area contributed by atoms with Gasteiger partial charge in [-0.3, -0.25) is 0 Å². The Balaban J connectivity index is 2.24. The molecule has 2 aromatic rings. The third kappa shape index (κ3) is 3.11. The zero-order chi connectivity index (χ0) is 14.0. The fraction of sp³-hybridized carbons (Fsp3) is 0.385. The average Bonchev–Trinajstić information content (AvgIpc) is 2.72. The molecular weight excluding hydrogens is 280 g/mol. The highest BCUT2D eigenvalue weighted by Crippen LogP contribution is 2.33. The molecule has 0 aliphatic rings. The molecule has 6 heteroatoms. The molecule has 0 fully saturated rings. The second kappa shape index (κ2) is 5.94. The van der Waals surface area contributed by atoms with Gasteiger partial charge in [-0.25, -0.2) is 0 Å². The minimum Gasteiger partial charge on any atom is -0.313 e. The van der Waals surface area contributed by atoms with Crippen LogP contribution in [0.3, 0.4) is 0 Å². The summed E-state index contributed by atoms with van der Waals surface area (Å²) in [6.07, 6.45) is 0. The SMILES string of the molecule is CNC(C)c1ccc(Sc2nnc(C)n2C)c(Cl)c1. The average molecular weight is 297 g/mol. The van der Waals surface area contributed by atoms with Gasteiger partial charge in [-0.2, -0.15) is 0 Å². The Kier molecular flexibility index (Phi) is 4.50. The van der Waals surface area contributed by atoms with E-state index >= 15 is 0 Å². The van der Waals surface area contributed by atoms with Crippen molar-refractivity contribution in [2.75, 3.05) is 7.05 Å². The Hall–Kier alpha value is -1.04. The lowest BCUT2D eigenvalue weighted by molar-refractivity contribution is 0.652. The van der Waals surface area contributed by atoms with Crippen LogP contribution in [0.5, 0.6) is 0 Å². The summed E-state index contributed by atoms with van der Waals surface area (Å²) in [6.45, 7) is 4.03. The minimum atomic E-state index is 0.286. The van der Waals surface area contributed by atoms with Crippen LogP contribution in [0.15, 0.2) is 28.3 Å². The van der Waals surface area contributed by atoms with Crippen LogP contribution in [-0.4, -0.2) is 21.8 Å². The maximum atomic E-state index is 6.33. The molecule has 19 heavy (non-hydrogen) atoms. The first-order valence-electron chi connectivity index (χ1n) is 6.03. The number of hydrogen-bond acceptors (Lipinski definition) is 4. The van der Waals surface area contributed by atoms with Gasteiger partial charge in [-0.1, -0.05) is 17.7 Å². The number of halogens is 1. The van der Waals surface area contributed by atoms with Crippen molar-refractivity contribution >= 4 is 23.4 Å². The molecular formula is C13H17ClN4S. The maximum Gasteiger partial charge on any atom is 0.195 e. The number of nitrogens with zero attached hydrogens (tertiary/aromatic N) is 3. The molecule has 1 N–H and O–H groups in total. The van der Waals surface area contributed by atoms with E-state index < -0.39 is 0 Å². The van der Waals surface area contributed by atoms with Gasteiger partial charge in [-0.15, -0.1) is 10.2 Å².